The van der Waals surface area contributed by atoms with E-state index in [1.807, 2.05) is 13.1 Å². The minimum atomic E-state index is -0.510. The van der Waals surface area contributed by atoms with E-state index in [9.17, 15) is 14.0 Å². The molecule has 3 aliphatic heterocycles. The van der Waals surface area contributed by atoms with Crippen molar-refractivity contribution in [2.45, 2.75) is 37.5 Å². The number of hydrogen-bond donors (Lipinski definition) is 2. The van der Waals surface area contributed by atoms with E-state index in [0.29, 0.717) is 31.7 Å². The topological polar surface area (TPSA) is 118 Å². The molecule has 11 nitrogen and oxygen atoms in total. The van der Waals surface area contributed by atoms with E-state index in [2.05, 4.69) is 25.5 Å². The number of amides is 2. The smallest absolute Gasteiger partial charge is 0.415 e. The fourth-order valence-corrected chi connectivity index (χ4v) is 4.93. The average molecular weight is 535 g/mol. The first-order valence-corrected chi connectivity index (χ1v) is 12.1. The summed E-state index contributed by atoms with van der Waals surface area (Å²) in [6, 6.07) is 3.63. The molecule has 0 saturated carbocycles. The summed E-state index contributed by atoms with van der Waals surface area (Å²) in [5, 5.41) is 5.74. The van der Waals surface area contributed by atoms with Gasteiger partial charge in [-0.05, 0) is 43.5 Å². The SMILES string of the molecule is CN(CCC1CN(c2cnc3c(n2)NC(=O)CO3)C(=O)O1)C1Cc2cc(OC3CNC3)cc(F)c2C1.Cl. The lowest BCUT2D eigenvalue weighted by molar-refractivity contribution is -0.118. The molecular formula is C24H28ClFN6O5. The first-order chi connectivity index (χ1) is 17.4. The van der Waals surface area contributed by atoms with Crippen LogP contribution in [0.4, 0.5) is 20.8 Å². The second kappa shape index (κ2) is 10.3. The van der Waals surface area contributed by atoms with Gasteiger partial charge in [0.05, 0.1) is 12.7 Å². The van der Waals surface area contributed by atoms with E-state index in [1.165, 1.54) is 17.2 Å². The number of nitrogens with zero attached hydrogens (tertiary/aromatic N) is 4. The van der Waals surface area contributed by atoms with Gasteiger partial charge in [0.25, 0.3) is 11.8 Å². The molecule has 2 N–H and O–H groups in total. The Kier molecular flexibility index (Phi) is 7.06. The molecule has 2 aromatic rings. The maximum absolute atomic E-state index is 14.7. The summed E-state index contributed by atoms with van der Waals surface area (Å²) in [6.45, 7) is 2.47. The van der Waals surface area contributed by atoms with Crippen LogP contribution in [0.15, 0.2) is 18.3 Å². The van der Waals surface area contributed by atoms with E-state index >= 15 is 0 Å². The number of benzene rings is 1. The first-order valence-electron chi connectivity index (χ1n) is 12.1. The highest BCUT2D eigenvalue weighted by molar-refractivity contribution is 5.94. The van der Waals surface area contributed by atoms with E-state index in [-0.39, 0.29) is 66.5 Å². The monoisotopic (exact) mass is 534 g/mol. The molecule has 4 aliphatic rings. The van der Waals surface area contributed by atoms with Crippen LogP contribution >= 0.6 is 12.4 Å². The largest absolute Gasteiger partial charge is 0.488 e. The van der Waals surface area contributed by atoms with Crippen LogP contribution in [0.1, 0.15) is 17.5 Å². The maximum Gasteiger partial charge on any atom is 0.415 e. The molecule has 0 bridgehead atoms. The third-order valence-corrected chi connectivity index (χ3v) is 7.11. The van der Waals surface area contributed by atoms with E-state index < -0.39 is 6.09 Å². The van der Waals surface area contributed by atoms with Gasteiger partial charge in [-0.25, -0.2) is 19.2 Å². The quantitative estimate of drug-likeness (QED) is 0.545. The number of cyclic esters (lactones) is 1. The molecule has 1 aliphatic carbocycles. The molecule has 1 aromatic carbocycles. The average Bonchev–Trinajstić information content (AvgIpc) is 3.43. The Labute approximate surface area is 219 Å². The highest BCUT2D eigenvalue weighted by atomic mass is 35.5. The Bertz CT molecular complexity index is 1210. The van der Waals surface area contributed by atoms with Gasteiger partial charge in [-0.2, -0.15) is 0 Å². The first kappa shape index (κ1) is 25.4. The fraction of sp³-hybridized carbons (Fsp3) is 0.500. The van der Waals surface area contributed by atoms with Crippen LogP contribution in [0.5, 0.6) is 11.6 Å². The number of fused-ring (bicyclic) bond motifs is 2. The van der Waals surface area contributed by atoms with Crippen molar-refractivity contribution in [2.75, 3.05) is 50.1 Å². The lowest BCUT2D eigenvalue weighted by Crippen LogP contribution is -2.50. The number of nitrogens with one attached hydrogen (secondary N) is 2. The van der Waals surface area contributed by atoms with Crippen LogP contribution in [0.25, 0.3) is 0 Å². The molecule has 2 fully saturated rings. The molecule has 37 heavy (non-hydrogen) atoms. The predicted octanol–water partition coefficient (Wildman–Crippen LogP) is 1.53. The molecule has 13 heteroatoms. The summed E-state index contributed by atoms with van der Waals surface area (Å²) in [4.78, 5) is 36.1. The van der Waals surface area contributed by atoms with Crippen molar-refractivity contribution < 1.29 is 28.2 Å². The number of likely N-dealkylation sites (N-methyl/N-ethyl adjacent to an activating group) is 1. The summed E-state index contributed by atoms with van der Waals surface area (Å²) in [5.74, 6) is 0.752. The summed E-state index contributed by atoms with van der Waals surface area (Å²) in [6.07, 6.45) is 2.71. The number of aromatic nitrogens is 2. The Morgan fingerprint density at radius 2 is 2.11 bits per heavy atom. The zero-order chi connectivity index (χ0) is 24.8. The van der Waals surface area contributed by atoms with Crippen LogP contribution in [0.2, 0.25) is 0 Å². The van der Waals surface area contributed by atoms with E-state index in [4.69, 9.17) is 14.2 Å². The molecular weight excluding hydrogens is 507 g/mol. The third kappa shape index (κ3) is 5.13. The molecule has 0 spiro atoms. The Morgan fingerprint density at radius 1 is 1.27 bits per heavy atom. The summed E-state index contributed by atoms with van der Waals surface area (Å²) >= 11 is 0. The number of rotatable bonds is 7. The van der Waals surface area contributed by atoms with Crippen LogP contribution in [-0.2, 0) is 22.4 Å². The molecule has 4 heterocycles. The molecule has 2 amide bonds. The zero-order valence-electron chi connectivity index (χ0n) is 20.2. The number of hydrogen-bond acceptors (Lipinski definition) is 9. The van der Waals surface area contributed by atoms with Gasteiger partial charge in [-0.3, -0.25) is 9.69 Å². The van der Waals surface area contributed by atoms with Crippen molar-refractivity contribution in [3.63, 3.8) is 0 Å². The predicted molar refractivity (Wildman–Crippen MR) is 133 cm³/mol. The van der Waals surface area contributed by atoms with E-state index in [1.54, 1.807) is 0 Å². The van der Waals surface area contributed by atoms with Crippen molar-refractivity contribution >= 4 is 36.0 Å². The number of carbonyl (C=O) groups excluding carboxylic acids is 2. The molecule has 2 saturated heterocycles. The van der Waals surface area contributed by atoms with Gasteiger partial charge in [0, 0.05) is 31.7 Å². The Morgan fingerprint density at radius 3 is 2.89 bits per heavy atom. The highest BCUT2D eigenvalue weighted by Gasteiger charge is 2.35. The van der Waals surface area contributed by atoms with Crippen molar-refractivity contribution in [2.24, 2.45) is 0 Å². The van der Waals surface area contributed by atoms with Crippen LogP contribution in [0.3, 0.4) is 0 Å². The van der Waals surface area contributed by atoms with Gasteiger partial charge in [-0.1, -0.05) is 0 Å². The second-order valence-corrected chi connectivity index (χ2v) is 9.61. The van der Waals surface area contributed by atoms with Crippen LogP contribution in [-0.4, -0.2) is 85.0 Å². The van der Waals surface area contributed by atoms with Gasteiger partial charge < -0.3 is 29.7 Å². The van der Waals surface area contributed by atoms with Gasteiger partial charge in [0.15, 0.2) is 18.2 Å². The van der Waals surface area contributed by atoms with E-state index in [0.717, 1.165) is 30.6 Å². The summed E-state index contributed by atoms with van der Waals surface area (Å²) < 4.78 is 31.4. The molecule has 0 radical (unpaired) electrons. The third-order valence-electron chi connectivity index (χ3n) is 7.11. The number of halogens is 2. The van der Waals surface area contributed by atoms with Gasteiger partial charge in [-0.15, -0.1) is 12.4 Å². The van der Waals surface area contributed by atoms with Gasteiger partial charge in [0.1, 0.15) is 23.8 Å². The lowest BCUT2D eigenvalue weighted by Gasteiger charge is -2.28. The molecule has 6 rings (SSSR count). The van der Waals surface area contributed by atoms with Gasteiger partial charge in [0.2, 0.25) is 0 Å². The minimum absolute atomic E-state index is 0. The zero-order valence-corrected chi connectivity index (χ0v) is 21.1. The minimum Gasteiger partial charge on any atom is -0.488 e. The van der Waals surface area contributed by atoms with Crippen molar-refractivity contribution in [1.29, 1.82) is 0 Å². The summed E-state index contributed by atoms with van der Waals surface area (Å²) in [5.41, 5.74) is 1.75. The molecule has 1 aromatic heterocycles. The Balaban J connectivity index is 0.00000280. The second-order valence-electron chi connectivity index (χ2n) is 9.61. The number of anilines is 2. The molecule has 2 atom stereocenters. The lowest BCUT2D eigenvalue weighted by atomic mass is 10.1. The number of ether oxygens (including phenoxy) is 3. The summed E-state index contributed by atoms with van der Waals surface area (Å²) in [7, 11) is 2.01. The molecule has 2 unspecified atom stereocenters. The maximum atomic E-state index is 14.7. The Hall–Kier alpha value is -3.22. The standard InChI is InChI=1S/C24H27FN6O5.ClH/c1-30(14-4-13-5-16(35-17-8-26-9-17)7-19(25)18(13)6-14)3-2-15-11-31(24(33)36-15)20-10-27-23-22(28-20)29-21(32)12-34-23;/h5,7,10,14-15,17,26H,2-4,6,8-9,11-12H2,1H3,(H,28,29,32);1H. The normalized spacial score (nSPS) is 22.4. The highest BCUT2D eigenvalue weighted by Crippen LogP contribution is 2.32. The van der Waals surface area contributed by atoms with Crippen molar-refractivity contribution in [1.82, 2.24) is 20.2 Å². The van der Waals surface area contributed by atoms with Crippen LogP contribution in [0, 0.1) is 5.82 Å². The van der Waals surface area contributed by atoms with Gasteiger partial charge >= 0.3 is 6.09 Å². The van der Waals surface area contributed by atoms with Crippen molar-refractivity contribution in [3.8, 4) is 11.6 Å². The van der Waals surface area contributed by atoms with Crippen LogP contribution < -0.4 is 25.0 Å². The molecule has 198 valence electrons. The number of carbonyl (C=O) groups is 2. The van der Waals surface area contributed by atoms with Crippen molar-refractivity contribution in [3.05, 3.63) is 35.3 Å². The fourth-order valence-electron chi connectivity index (χ4n) is 4.93.